The quantitative estimate of drug-likeness (QED) is 0.592. The van der Waals surface area contributed by atoms with Crippen LogP contribution in [-0.2, 0) is 4.74 Å². The summed E-state index contributed by atoms with van der Waals surface area (Å²) in [7, 11) is 0. The van der Waals surface area contributed by atoms with Crippen LogP contribution in [0.5, 0.6) is 0 Å². The van der Waals surface area contributed by atoms with Crippen LogP contribution in [0.25, 0.3) is 0 Å². The van der Waals surface area contributed by atoms with E-state index in [1.807, 2.05) is 20.8 Å². The van der Waals surface area contributed by atoms with Crippen LogP contribution in [0.15, 0.2) is 0 Å². The lowest BCUT2D eigenvalue weighted by atomic mass is 10.1. The Morgan fingerprint density at radius 2 is 2.18 bits per heavy atom. The molecule has 1 saturated heterocycles. The van der Waals surface area contributed by atoms with E-state index in [0.717, 1.165) is 0 Å². The highest BCUT2D eigenvalue weighted by atomic mass is 16.6. The fourth-order valence-corrected chi connectivity index (χ4v) is 1.63. The first-order chi connectivity index (χ1) is 7.83. The Balaban J connectivity index is 2.56. The molecule has 1 amide bonds. The number of hydrogen-bond donors (Lipinski definition) is 2. The van der Waals surface area contributed by atoms with E-state index in [-0.39, 0.29) is 24.7 Å². The summed E-state index contributed by atoms with van der Waals surface area (Å²) in [5.41, 5.74) is 5.37. The van der Waals surface area contributed by atoms with Crippen molar-refractivity contribution in [2.75, 3.05) is 19.7 Å². The fourth-order valence-electron chi connectivity index (χ4n) is 1.63. The number of amides is 1. The summed E-state index contributed by atoms with van der Waals surface area (Å²) in [6.45, 7) is 6.19. The number of aliphatic hydroxyl groups is 1. The lowest BCUT2D eigenvalue weighted by Gasteiger charge is -2.24. The van der Waals surface area contributed by atoms with Gasteiger partial charge in [0.1, 0.15) is 12.2 Å². The monoisotopic (exact) mass is 240 g/mol. The molecular weight excluding hydrogens is 220 g/mol. The predicted octanol–water partition coefficient (Wildman–Crippen LogP) is 0.176. The van der Waals surface area contributed by atoms with Crippen LogP contribution < -0.4 is 5.73 Å². The maximum atomic E-state index is 11.8. The maximum Gasteiger partial charge on any atom is 0.410 e. The summed E-state index contributed by atoms with van der Waals surface area (Å²) < 4.78 is 5.26. The third-order valence-electron chi connectivity index (χ3n) is 2.38. The zero-order valence-electron chi connectivity index (χ0n) is 10.6. The third kappa shape index (κ3) is 4.25. The Kier molecular flexibility index (Phi) is 4.38. The summed E-state index contributed by atoms with van der Waals surface area (Å²) in [6, 6.07) is -0.179. The van der Waals surface area contributed by atoms with Gasteiger partial charge in [-0.05, 0) is 20.8 Å². The Morgan fingerprint density at radius 3 is 2.71 bits per heavy atom. The van der Waals surface area contributed by atoms with Gasteiger partial charge in [0, 0.05) is 19.1 Å². The van der Waals surface area contributed by atoms with E-state index in [1.54, 1.807) is 4.90 Å². The van der Waals surface area contributed by atoms with Crippen molar-refractivity contribution < 1.29 is 14.6 Å². The summed E-state index contributed by atoms with van der Waals surface area (Å²) >= 11 is 0. The number of rotatable bonds is 0. The van der Waals surface area contributed by atoms with Gasteiger partial charge >= 0.3 is 6.09 Å². The van der Waals surface area contributed by atoms with Crippen molar-refractivity contribution in [2.24, 2.45) is 11.7 Å². The van der Waals surface area contributed by atoms with Gasteiger partial charge in [-0.15, -0.1) is 0 Å². The summed E-state index contributed by atoms with van der Waals surface area (Å²) in [6.07, 6.45) is -0.360. The molecule has 0 spiro atoms. The van der Waals surface area contributed by atoms with Crippen LogP contribution >= 0.6 is 0 Å². The van der Waals surface area contributed by atoms with E-state index in [9.17, 15) is 4.79 Å². The average Bonchev–Trinajstić information content (AvgIpc) is 2.54. The summed E-state index contributed by atoms with van der Waals surface area (Å²) in [5, 5.41) is 8.62. The number of aliphatic hydroxyl groups excluding tert-OH is 1. The van der Waals surface area contributed by atoms with Crippen LogP contribution in [0.1, 0.15) is 20.8 Å². The van der Waals surface area contributed by atoms with E-state index in [0.29, 0.717) is 13.1 Å². The Morgan fingerprint density at radius 1 is 1.53 bits per heavy atom. The molecule has 3 N–H and O–H groups in total. The van der Waals surface area contributed by atoms with E-state index in [2.05, 4.69) is 11.8 Å². The second-order valence-electron chi connectivity index (χ2n) is 5.13. The number of nitrogens with two attached hydrogens (primary N) is 1. The lowest BCUT2D eigenvalue weighted by Crippen LogP contribution is -2.36. The number of hydrogen-bond acceptors (Lipinski definition) is 4. The first-order valence-electron chi connectivity index (χ1n) is 5.66. The van der Waals surface area contributed by atoms with Crippen molar-refractivity contribution in [3.63, 3.8) is 0 Å². The number of likely N-dealkylation sites (tertiary alicyclic amines) is 1. The van der Waals surface area contributed by atoms with Crippen LogP contribution in [0.2, 0.25) is 0 Å². The van der Waals surface area contributed by atoms with Crippen LogP contribution in [0.3, 0.4) is 0 Å². The molecule has 5 nitrogen and oxygen atoms in total. The molecule has 0 aromatic rings. The van der Waals surface area contributed by atoms with Gasteiger partial charge in [-0.3, -0.25) is 0 Å². The molecule has 2 unspecified atom stereocenters. The highest BCUT2D eigenvalue weighted by Gasteiger charge is 2.34. The first kappa shape index (κ1) is 13.8. The molecule has 1 aliphatic heterocycles. The van der Waals surface area contributed by atoms with Gasteiger partial charge in [0.2, 0.25) is 0 Å². The smallest absolute Gasteiger partial charge is 0.410 e. The minimum Gasteiger partial charge on any atom is -0.444 e. The maximum absolute atomic E-state index is 11.8. The van der Waals surface area contributed by atoms with E-state index < -0.39 is 5.60 Å². The van der Waals surface area contributed by atoms with Crippen molar-refractivity contribution >= 4 is 6.09 Å². The topological polar surface area (TPSA) is 75.8 Å². The molecule has 1 aliphatic rings. The molecular formula is C12H20N2O3. The van der Waals surface area contributed by atoms with Gasteiger partial charge in [-0.1, -0.05) is 11.8 Å². The second kappa shape index (κ2) is 5.39. The van der Waals surface area contributed by atoms with Crippen molar-refractivity contribution in [3.05, 3.63) is 0 Å². The summed E-state index contributed by atoms with van der Waals surface area (Å²) in [5.74, 6) is 5.34. The average molecular weight is 240 g/mol. The first-order valence-corrected chi connectivity index (χ1v) is 5.66. The zero-order valence-corrected chi connectivity index (χ0v) is 10.6. The minimum absolute atomic E-state index is 0.0883. The number of carbonyl (C=O) groups excluding carboxylic acids is 1. The van der Waals surface area contributed by atoms with Crippen LogP contribution in [0, 0.1) is 17.8 Å². The number of nitrogens with zero attached hydrogens (tertiary/aromatic N) is 1. The van der Waals surface area contributed by atoms with Crippen molar-refractivity contribution in [1.29, 1.82) is 0 Å². The van der Waals surface area contributed by atoms with Gasteiger partial charge in [-0.2, -0.15) is 0 Å². The fraction of sp³-hybridized carbons (Fsp3) is 0.750. The van der Waals surface area contributed by atoms with Crippen LogP contribution in [0.4, 0.5) is 4.79 Å². The molecule has 0 aromatic carbocycles. The number of carbonyl (C=O) groups is 1. The molecule has 0 saturated carbocycles. The largest absolute Gasteiger partial charge is 0.444 e. The van der Waals surface area contributed by atoms with E-state index in [1.165, 1.54) is 0 Å². The van der Waals surface area contributed by atoms with Gasteiger partial charge in [-0.25, -0.2) is 4.79 Å². The molecule has 1 fully saturated rings. The minimum atomic E-state index is -0.504. The zero-order chi connectivity index (χ0) is 13.1. The van der Waals surface area contributed by atoms with Crippen LogP contribution in [-0.4, -0.2) is 47.4 Å². The Bertz CT molecular complexity index is 338. The van der Waals surface area contributed by atoms with Gasteiger partial charge in [0.15, 0.2) is 0 Å². The normalized spacial score (nSPS) is 24.2. The van der Waals surface area contributed by atoms with Gasteiger partial charge in [0.25, 0.3) is 0 Å². The molecule has 0 bridgehead atoms. The standard InChI is InChI=1S/C12H20N2O3/c1-12(2,3)17-11(16)14-7-9(5-4-6-15)10(13)8-14/h9-10,15H,6-8,13H2,1-3H3. The predicted molar refractivity (Wildman–Crippen MR) is 64.1 cm³/mol. The number of ether oxygens (including phenoxy) is 1. The molecule has 96 valence electrons. The van der Waals surface area contributed by atoms with Crippen molar-refractivity contribution in [2.45, 2.75) is 32.4 Å². The highest BCUT2D eigenvalue weighted by Crippen LogP contribution is 2.18. The van der Waals surface area contributed by atoms with E-state index in [4.69, 9.17) is 15.6 Å². The molecule has 1 heterocycles. The second-order valence-corrected chi connectivity index (χ2v) is 5.13. The van der Waals surface area contributed by atoms with E-state index >= 15 is 0 Å². The third-order valence-corrected chi connectivity index (χ3v) is 2.38. The lowest BCUT2D eigenvalue weighted by molar-refractivity contribution is 0.0289. The summed E-state index contributed by atoms with van der Waals surface area (Å²) in [4.78, 5) is 13.3. The highest BCUT2D eigenvalue weighted by molar-refractivity contribution is 5.68. The molecule has 2 atom stereocenters. The Labute approximate surface area is 102 Å². The SMILES string of the molecule is CC(C)(C)OC(=O)N1CC(N)C(C#CCO)C1. The van der Waals surface area contributed by atoms with Crippen molar-refractivity contribution in [1.82, 2.24) is 4.90 Å². The molecule has 5 heteroatoms. The molecule has 0 aromatic heterocycles. The van der Waals surface area contributed by atoms with Crippen molar-refractivity contribution in [3.8, 4) is 11.8 Å². The van der Waals surface area contributed by atoms with Gasteiger partial charge < -0.3 is 20.5 Å². The molecule has 0 aliphatic carbocycles. The molecule has 1 rings (SSSR count). The molecule has 17 heavy (non-hydrogen) atoms. The molecule has 0 radical (unpaired) electrons. The Hall–Kier alpha value is -1.25. The van der Waals surface area contributed by atoms with Gasteiger partial charge in [0.05, 0.1) is 5.92 Å².